The van der Waals surface area contributed by atoms with Crippen LogP contribution in [-0.2, 0) is 14.3 Å². The molecule has 0 unspecified atom stereocenters. The Labute approximate surface area is 161 Å². The van der Waals surface area contributed by atoms with Crippen molar-refractivity contribution >= 4 is 40.6 Å². The number of methoxy groups -OCH3 is 1. The van der Waals surface area contributed by atoms with Gasteiger partial charge in [-0.15, -0.1) is 0 Å². The van der Waals surface area contributed by atoms with Gasteiger partial charge in [-0.25, -0.2) is 9.78 Å². The minimum absolute atomic E-state index is 0.111. The SMILES string of the molecule is COC(=O)[C@H](CCSC)NC(=O)[C@H](C)NC(=O)c1cnc2ccccc2n1. The van der Waals surface area contributed by atoms with Crippen molar-refractivity contribution in [1.82, 2.24) is 20.6 Å². The summed E-state index contributed by atoms with van der Waals surface area (Å²) in [5.41, 5.74) is 1.37. The average molecular weight is 390 g/mol. The fraction of sp³-hybridized carbons (Fsp3) is 0.389. The zero-order chi connectivity index (χ0) is 19.8. The first-order valence-electron chi connectivity index (χ1n) is 8.36. The van der Waals surface area contributed by atoms with Gasteiger partial charge >= 0.3 is 5.97 Å². The highest BCUT2D eigenvalue weighted by Gasteiger charge is 2.25. The van der Waals surface area contributed by atoms with E-state index >= 15 is 0 Å². The van der Waals surface area contributed by atoms with Gasteiger partial charge in [-0.2, -0.15) is 11.8 Å². The lowest BCUT2D eigenvalue weighted by Gasteiger charge is -2.19. The second kappa shape index (κ2) is 9.86. The van der Waals surface area contributed by atoms with Crippen LogP contribution in [-0.4, -0.2) is 59.0 Å². The first-order valence-corrected chi connectivity index (χ1v) is 9.75. The van der Waals surface area contributed by atoms with Gasteiger partial charge in [-0.05, 0) is 37.5 Å². The van der Waals surface area contributed by atoms with Crippen molar-refractivity contribution in [2.45, 2.75) is 25.4 Å². The van der Waals surface area contributed by atoms with Crippen LogP contribution < -0.4 is 10.6 Å². The van der Waals surface area contributed by atoms with Crippen molar-refractivity contribution in [3.63, 3.8) is 0 Å². The Hall–Kier alpha value is -2.68. The zero-order valence-corrected chi connectivity index (χ0v) is 16.2. The number of fused-ring (bicyclic) bond motifs is 1. The number of nitrogens with one attached hydrogen (secondary N) is 2. The van der Waals surface area contributed by atoms with Crippen LogP contribution in [0.3, 0.4) is 0 Å². The molecular weight excluding hydrogens is 368 g/mol. The molecule has 2 N–H and O–H groups in total. The number of ether oxygens (including phenoxy) is 1. The van der Waals surface area contributed by atoms with Crippen LogP contribution in [0.2, 0.25) is 0 Å². The van der Waals surface area contributed by atoms with E-state index in [9.17, 15) is 14.4 Å². The highest BCUT2D eigenvalue weighted by atomic mass is 32.2. The summed E-state index contributed by atoms with van der Waals surface area (Å²) >= 11 is 1.56. The molecule has 2 aromatic rings. The van der Waals surface area contributed by atoms with Gasteiger partial charge in [0.05, 0.1) is 24.3 Å². The molecule has 0 saturated heterocycles. The predicted octanol–water partition coefficient (Wildman–Crippen LogP) is 1.16. The third kappa shape index (κ3) is 5.65. The number of hydrogen-bond donors (Lipinski definition) is 2. The predicted molar refractivity (Wildman–Crippen MR) is 103 cm³/mol. The van der Waals surface area contributed by atoms with E-state index in [2.05, 4.69) is 20.6 Å². The molecule has 0 bridgehead atoms. The Morgan fingerprint density at radius 1 is 1.19 bits per heavy atom. The van der Waals surface area contributed by atoms with Crippen molar-refractivity contribution in [2.24, 2.45) is 0 Å². The average Bonchev–Trinajstić information content (AvgIpc) is 2.69. The van der Waals surface area contributed by atoms with Gasteiger partial charge in [-0.1, -0.05) is 12.1 Å². The third-order valence-corrected chi connectivity index (χ3v) is 4.48. The number of nitrogens with zero attached hydrogens (tertiary/aromatic N) is 2. The minimum atomic E-state index is -0.854. The standard InChI is InChI=1S/C18H22N4O4S/c1-11(16(23)22-14(8-9-27-3)18(25)26-2)20-17(24)15-10-19-12-6-4-5-7-13(12)21-15/h4-7,10-11,14H,8-9H2,1-3H3,(H,20,24)(H,22,23)/t11-,14-/m0/s1. The summed E-state index contributed by atoms with van der Waals surface area (Å²) in [6.07, 6.45) is 3.71. The van der Waals surface area contributed by atoms with Gasteiger partial charge < -0.3 is 15.4 Å². The maximum atomic E-state index is 12.4. The van der Waals surface area contributed by atoms with E-state index in [4.69, 9.17) is 4.74 Å². The maximum absolute atomic E-state index is 12.4. The van der Waals surface area contributed by atoms with E-state index in [1.54, 1.807) is 30.0 Å². The van der Waals surface area contributed by atoms with Gasteiger partial charge in [-0.3, -0.25) is 14.6 Å². The first kappa shape index (κ1) is 20.6. The van der Waals surface area contributed by atoms with Crippen LogP contribution in [0.1, 0.15) is 23.8 Å². The van der Waals surface area contributed by atoms with Crippen LogP contribution in [0.25, 0.3) is 11.0 Å². The first-order chi connectivity index (χ1) is 13.0. The van der Waals surface area contributed by atoms with E-state index in [0.29, 0.717) is 23.2 Å². The molecule has 2 atom stereocenters. The van der Waals surface area contributed by atoms with E-state index in [0.717, 1.165) is 0 Å². The second-order valence-corrected chi connectivity index (χ2v) is 6.79. The van der Waals surface area contributed by atoms with Gasteiger partial charge in [0.1, 0.15) is 17.8 Å². The normalized spacial score (nSPS) is 12.9. The van der Waals surface area contributed by atoms with Crippen molar-refractivity contribution in [1.29, 1.82) is 0 Å². The van der Waals surface area contributed by atoms with E-state index in [-0.39, 0.29) is 5.69 Å². The molecule has 8 nitrogen and oxygen atoms in total. The molecule has 144 valence electrons. The highest BCUT2D eigenvalue weighted by Crippen LogP contribution is 2.08. The van der Waals surface area contributed by atoms with Crippen LogP contribution in [0.4, 0.5) is 0 Å². The number of hydrogen-bond acceptors (Lipinski definition) is 7. The van der Waals surface area contributed by atoms with Crippen LogP contribution in [0.15, 0.2) is 30.5 Å². The number of thioether (sulfide) groups is 1. The zero-order valence-electron chi connectivity index (χ0n) is 15.4. The summed E-state index contributed by atoms with van der Waals surface area (Å²) in [6, 6.07) is 5.57. The Morgan fingerprint density at radius 3 is 2.56 bits per heavy atom. The van der Waals surface area contributed by atoms with Gasteiger partial charge in [0.15, 0.2) is 0 Å². The molecule has 0 saturated carbocycles. The molecule has 1 aromatic heterocycles. The molecule has 0 spiro atoms. The van der Waals surface area contributed by atoms with E-state index in [1.807, 2.05) is 12.3 Å². The number of carbonyl (C=O) groups is 3. The molecule has 0 aliphatic carbocycles. The molecule has 1 aromatic carbocycles. The largest absolute Gasteiger partial charge is 0.467 e. The van der Waals surface area contributed by atoms with Crippen molar-refractivity contribution in [3.8, 4) is 0 Å². The van der Waals surface area contributed by atoms with Gasteiger partial charge in [0.2, 0.25) is 5.91 Å². The molecule has 1 heterocycles. The molecule has 0 fully saturated rings. The van der Waals surface area contributed by atoms with Gasteiger partial charge in [0.25, 0.3) is 5.91 Å². The Bertz CT molecular complexity index is 830. The number of para-hydroxylation sites is 2. The van der Waals surface area contributed by atoms with Gasteiger partial charge in [0, 0.05) is 0 Å². The fourth-order valence-corrected chi connectivity index (χ4v) is 2.80. The Kier molecular flexibility index (Phi) is 7.54. The lowest BCUT2D eigenvalue weighted by molar-refractivity contribution is -0.145. The van der Waals surface area contributed by atoms with Crippen LogP contribution in [0, 0.1) is 0 Å². The lowest BCUT2D eigenvalue weighted by Crippen LogP contribution is -2.50. The summed E-state index contributed by atoms with van der Waals surface area (Å²) < 4.78 is 4.71. The number of aromatic nitrogens is 2. The van der Waals surface area contributed by atoms with Crippen LogP contribution >= 0.6 is 11.8 Å². The van der Waals surface area contributed by atoms with Crippen molar-refractivity contribution in [3.05, 3.63) is 36.2 Å². The number of benzene rings is 1. The summed E-state index contributed by atoms with van der Waals surface area (Å²) in [5, 5.41) is 5.18. The molecule has 0 aliphatic heterocycles. The Morgan fingerprint density at radius 2 is 1.89 bits per heavy atom. The number of amides is 2. The molecule has 2 amide bonds. The quantitative estimate of drug-likeness (QED) is 0.651. The molecule has 2 rings (SSSR count). The number of carbonyl (C=O) groups excluding carboxylic acids is 3. The van der Waals surface area contributed by atoms with E-state index < -0.39 is 29.9 Å². The van der Waals surface area contributed by atoms with E-state index in [1.165, 1.54) is 20.2 Å². The lowest BCUT2D eigenvalue weighted by atomic mass is 10.2. The van der Waals surface area contributed by atoms with Crippen molar-refractivity contribution < 1.29 is 19.1 Å². The fourth-order valence-electron chi connectivity index (χ4n) is 2.33. The highest BCUT2D eigenvalue weighted by molar-refractivity contribution is 7.98. The maximum Gasteiger partial charge on any atom is 0.328 e. The van der Waals surface area contributed by atoms with Crippen LogP contribution in [0.5, 0.6) is 0 Å². The molecule has 27 heavy (non-hydrogen) atoms. The molecule has 0 radical (unpaired) electrons. The second-order valence-electron chi connectivity index (χ2n) is 5.80. The summed E-state index contributed by atoms with van der Waals surface area (Å²) in [6.45, 7) is 1.53. The summed E-state index contributed by atoms with van der Waals surface area (Å²) in [7, 11) is 1.27. The third-order valence-electron chi connectivity index (χ3n) is 3.83. The Balaban J connectivity index is 2.00. The van der Waals surface area contributed by atoms with Crippen molar-refractivity contribution in [2.75, 3.05) is 19.1 Å². The molecule has 0 aliphatic rings. The summed E-state index contributed by atoms with van der Waals surface area (Å²) in [4.78, 5) is 44.9. The molecule has 9 heteroatoms. The minimum Gasteiger partial charge on any atom is -0.467 e. The molecular formula is C18H22N4O4S. The smallest absolute Gasteiger partial charge is 0.328 e. The number of esters is 1. The summed E-state index contributed by atoms with van der Waals surface area (Å²) in [5.74, 6) is -0.826. The topological polar surface area (TPSA) is 110 Å². The number of rotatable bonds is 8. The monoisotopic (exact) mass is 390 g/mol.